The van der Waals surface area contributed by atoms with Gasteiger partial charge in [-0.05, 0) is 34.8 Å². The van der Waals surface area contributed by atoms with Gasteiger partial charge in [0.1, 0.15) is 9.34 Å². The van der Waals surface area contributed by atoms with Gasteiger partial charge in [-0.25, -0.2) is 4.98 Å². The van der Waals surface area contributed by atoms with Gasteiger partial charge in [0.2, 0.25) is 0 Å². The SMILES string of the molecule is Clc1sc(C(NC2CC2)c2nccs2)cc1Br. The Kier molecular flexibility index (Phi) is 3.54. The fourth-order valence-corrected chi connectivity index (χ4v) is 4.23. The highest BCUT2D eigenvalue weighted by molar-refractivity contribution is 9.10. The van der Waals surface area contributed by atoms with Crippen molar-refractivity contribution in [1.82, 2.24) is 10.3 Å². The van der Waals surface area contributed by atoms with Crippen molar-refractivity contribution in [1.29, 1.82) is 0 Å². The molecular formula is C11H10BrClN2S2. The Morgan fingerprint density at radius 3 is 2.88 bits per heavy atom. The van der Waals surface area contributed by atoms with Gasteiger partial charge in [-0.2, -0.15) is 0 Å². The highest BCUT2D eigenvalue weighted by atomic mass is 79.9. The molecular weight excluding hydrogens is 340 g/mol. The molecule has 1 N–H and O–H groups in total. The summed E-state index contributed by atoms with van der Waals surface area (Å²) in [4.78, 5) is 5.64. The van der Waals surface area contributed by atoms with Crippen LogP contribution in [0.3, 0.4) is 0 Å². The number of hydrogen-bond acceptors (Lipinski definition) is 4. The minimum atomic E-state index is 0.191. The second-order valence-corrected chi connectivity index (χ2v) is 7.48. The molecule has 2 nitrogen and oxygen atoms in total. The zero-order chi connectivity index (χ0) is 11.8. The molecule has 0 amide bonds. The summed E-state index contributed by atoms with van der Waals surface area (Å²) >= 11 is 12.9. The minimum absolute atomic E-state index is 0.191. The number of halogens is 2. The summed E-state index contributed by atoms with van der Waals surface area (Å²) in [7, 11) is 0. The molecule has 17 heavy (non-hydrogen) atoms. The fraction of sp³-hybridized carbons (Fsp3) is 0.364. The number of thiophene rings is 1. The van der Waals surface area contributed by atoms with Gasteiger partial charge in [-0.3, -0.25) is 0 Å². The molecule has 0 bridgehead atoms. The third kappa shape index (κ3) is 2.74. The van der Waals surface area contributed by atoms with Gasteiger partial charge < -0.3 is 5.32 Å². The number of rotatable bonds is 4. The van der Waals surface area contributed by atoms with E-state index in [0.29, 0.717) is 6.04 Å². The van der Waals surface area contributed by atoms with E-state index in [1.165, 1.54) is 17.7 Å². The molecule has 0 saturated heterocycles. The molecule has 1 fully saturated rings. The summed E-state index contributed by atoms with van der Waals surface area (Å²) in [6, 6.07) is 2.92. The first-order valence-corrected chi connectivity index (χ1v) is 8.21. The lowest BCUT2D eigenvalue weighted by atomic mass is 10.2. The van der Waals surface area contributed by atoms with Gasteiger partial charge in [0.05, 0.1) is 6.04 Å². The lowest BCUT2D eigenvalue weighted by molar-refractivity contribution is 0.606. The molecule has 6 heteroatoms. The van der Waals surface area contributed by atoms with Crippen LogP contribution >= 0.6 is 50.2 Å². The molecule has 2 heterocycles. The molecule has 90 valence electrons. The second kappa shape index (κ2) is 4.97. The van der Waals surface area contributed by atoms with Crippen LogP contribution in [0.1, 0.15) is 28.8 Å². The van der Waals surface area contributed by atoms with Gasteiger partial charge in [-0.1, -0.05) is 11.6 Å². The summed E-state index contributed by atoms with van der Waals surface area (Å²) < 4.78 is 1.78. The average molecular weight is 350 g/mol. The Hall–Kier alpha value is 0.0600. The minimum Gasteiger partial charge on any atom is -0.301 e. The summed E-state index contributed by atoms with van der Waals surface area (Å²) in [5.74, 6) is 0. The Labute approximate surface area is 121 Å². The standard InChI is InChI=1S/C11H10BrClN2S2/c12-7-5-8(17-10(7)13)9(15-6-1-2-6)11-14-3-4-16-11/h3-6,9,15H,1-2H2. The third-order valence-corrected chi connectivity index (χ3v) is 6.01. The van der Waals surface area contributed by atoms with E-state index >= 15 is 0 Å². The maximum absolute atomic E-state index is 6.11. The van der Waals surface area contributed by atoms with Gasteiger partial charge >= 0.3 is 0 Å². The van der Waals surface area contributed by atoms with E-state index in [1.807, 2.05) is 11.6 Å². The van der Waals surface area contributed by atoms with Crippen molar-refractivity contribution in [2.45, 2.75) is 24.9 Å². The second-order valence-electron chi connectivity index (χ2n) is 4.01. The first-order valence-electron chi connectivity index (χ1n) is 5.34. The van der Waals surface area contributed by atoms with E-state index in [9.17, 15) is 0 Å². The maximum atomic E-state index is 6.11. The summed E-state index contributed by atoms with van der Waals surface area (Å²) in [6.07, 6.45) is 4.39. The lowest BCUT2D eigenvalue weighted by Gasteiger charge is -2.14. The predicted molar refractivity (Wildman–Crippen MR) is 77.1 cm³/mol. The van der Waals surface area contributed by atoms with Crippen molar-refractivity contribution in [2.75, 3.05) is 0 Å². The Balaban J connectivity index is 1.92. The number of thiazole rings is 1. The van der Waals surface area contributed by atoms with Crippen molar-refractivity contribution in [3.63, 3.8) is 0 Å². The number of nitrogens with one attached hydrogen (secondary N) is 1. The summed E-state index contributed by atoms with van der Waals surface area (Å²) in [5, 5.41) is 6.76. The molecule has 1 unspecified atom stereocenters. The van der Waals surface area contributed by atoms with Crippen molar-refractivity contribution >= 4 is 50.2 Å². The van der Waals surface area contributed by atoms with E-state index < -0.39 is 0 Å². The smallest absolute Gasteiger partial charge is 0.115 e. The van der Waals surface area contributed by atoms with Gasteiger partial charge in [0.15, 0.2) is 0 Å². The van der Waals surface area contributed by atoms with Crippen LogP contribution in [-0.2, 0) is 0 Å². The highest BCUT2D eigenvalue weighted by Crippen LogP contribution is 2.39. The highest BCUT2D eigenvalue weighted by Gasteiger charge is 2.28. The van der Waals surface area contributed by atoms with Crippen LogP contribution < -0.4 is 5.32 Å². The van der Waals surface area contributed by atoms with E-state index in [0.717, 1.165) is 13.8 Å². The molecule has 0 aromatic carbocycles. The quantitative estimate of drug-likeness (QED) is 0.881. The predicted octanol–water partition coefficient (Wildman–Crippen LogP) is 4.46. The number of aromatic nitrogens is 1. The van der Waals surface area contributed by atoms with Gasteiger partial charge in [-0.15, -0.1) is 22.7 Å². The summed E-state index contributed by atoms with van der Waals surface area (Å²) in [5.41, 5.74) is 0. The number of hydrogen-bond donors (Lipinski definition) is 1. The van der Waals surface area contributed by atoms with Crippen LogP contribution in [0.2, 0.25) is 4.34 Å². The van der Waals surface area contributed by atoms with Crippen molar-refractivity contribution < 1.29 is 0 Å². The zero-order valence-electron chi connectivity index (χ0n) is 8.82. The summed E-state index contributed by atoms with van der Waals surface area (Å²) in [6.45, 7) is 0. The molecule has 0 radical (unpaired) electrons. The topological polar surface area (TPSA) is 24.9 Å². The molecule has 1 saturated carbocycles. The Morgan fingerprint density at radius 1 is 1.53 bits per heavy atom. The lowest BCUT2D eigenvalue weighted by Crippen LogP contribution is -2.23. The van der Waals surface area contributed by atoms with Crippen molar-refractivity contribution in [3.8, 4) is 0 Å². The normalized spacial score (nSPS) is 17.3. The maximum Gasteiger partial charge on any atom is 0.115 e. The van der Waals surface area contributed by atoms with Gasteiger partial charge in [0.25, 0.3) is 0 Å². The molecule has 2 aromatic rings. The Morgan fingerprint density at radius 2 is 2.35 bits per heavy atom. The van der Waals surface area contributed by atoms with Crippen LogP contribution in [0.5, 0.6) is 0 Å². The Bertz CT molecular complexity index is 488. The molecule has 3 rings (SSSR count). The van der Waals surface area contributed by atoms with Crippen LogP contribution in [0, 0.1) is 0 Å². The van der Waals surface area contributed by atoms with Crippen LogP contribution in [0.15, 0.2) is 22.1 Å². The van der Waals surface area contributed by atoms with E-state index in [1.54, 1.807) is 22.7 Å². The molecule has 2 aromatic heterocycles. The van der Waals surface area contributed by atoms with E-state index in [2.05, 4.69) is 32.3 Å². The molecule has 0 spiro atoms. The van der Waals surface area contributed by atoms with Crippen molar-refractivity contribution in [2.24, 2.45) is 0 Å². The molecule has 1 atom stereocenters. The van der Waals surface area contributed by atoms with Gasteiger partial charge in [0, 0.05) is 27.0 Å². The molecule has 1 aliphatic rings. The average Bonchev–Trinajstić information content (AvgIpc) is 2.84. The van der Waals surface area contributed by atoms with E-state index in [4.69, 9.17) is 11.6 Å². The number of nitrogens with zero attached hydrogens (tertiary/aromatic N) is 1. The van der Waals surface area contributed by atoms with E-state index in [-0.39, 0.29) is 6.04 Å². The largest absolute Gasteiger partial charge is 0.301 e. The monoisotopic (exact) mass is 348 g/mol. The van der Waals surface area contributed by atoms with Crippen molar-refractivity contribution in [3.05, 3.63) is 36.3 Å². The first-order chi connectivity index (χ1) is 8.24. The first kappa shape index (κ1) is 12.1. The van der Waals surface area contributed by atoms with Crippen LogP contribution in [0.25, 0.3) is 0 Å². The third-order valence-electron chi connectivity index (χ3n) is 2.63. The van der Waals surface area contributed by atoms with Crippen LogP contribution in [0.4, 0.5) is 0 Å². The zero-order valence-corrected chi connectivity index (χ0v) is 12.8. The fourth-order valence-electron chi connectivity index (χ4n) is 1.64. The van der Waals surface area contributed by atoms with Crippen LogP contribution in [-0.4, -0.2) is 11.0 Å². The molecule has 1 aliphatic carbocycles. The molecule has 0 aliphatic heterocycles.